The number of unbranched alkanes of at least 4 members (excludes halogenated alkanes) is 2. The van der Waals surface area contributed by atoms with Crippen molar-refractivity contribution in [3.63, 3.8) is 0 Å². The highest BCUT2D eigenvalue weighted by Crippen LogP contribution is 2.06. The summed E-state index contributed by atoms with van der Waals surface area (Å²) >= 11 is 0. The topological polar surface area (TPSA) is 6.48 Å². The maximum atomic E-state index is 2.30. The van der Waals surface area contributed by atoms with Gasteiger partial charge in [0.05, 0.1) is 0 Å². The first kappa shape index (κ1) is 12.9. The molecule has 0 aliphatic heterocycles. The second-order valence-corrected chi connectivity index (χ2v) is 4.47. The summed E-state index contributed by atoms with van der Waals surface area (Å²) in [7, 11) is 8.60. The molecule has 0 aromatic carbocycles. The van der Waals surface area contributed by atoms with E-state index in [2.05, 4.69) is 44.9 Å². The molecule has 0 saturated heterocycles. The van der Waals surface area contributed by atoms with Gasteiger partial charge in [-0.05, 0) is 54.5 Å². The molecule has 0 saturated carbocycles. The zero-order valence-electron chi connectivity index (χ0n) is 10.0. The summed E-state index contributed by atoms with van der Waals surface area (Å²) < 4.78 is 0. The van der Waals surface area contributed by atoms with Crippen molar-refractivity contribution in [2.24, 2.45) is 0 Å². The zero-order valence-corrected chi connectivity index (χ0v) is 10.0. The lowest BCUT2D eigenvalue weighted by molar-refractivity contribution is 0.289. The molecule has 2 heteroatoms. The Morgan fingerprint density at radius 1 is 0.923 bits per heavy atom. The number of hydrogen-bond acceptors (Lipinski definition) is 2. The van der Waals surface area contributed by atoms with Gasteiger partial charge >= 0.3 is 0 Å². The Bertz CT molecular complexity index is 111. The van der Waals surface area contributed by atoms with Gasteiger partial charge in [-0.25, -0.2) is 0 Å². The summed E-state index contributed by atoms with van der Waals surface area (Å²) in [6.07, 6.45) is 5.41. The molecular weight excluding hydrogens is 160 g/mol. The molecule has 0 fully saturated rings. The van der Waals surface area contributed by atoms with Crippen molar-refractivity contribution >= 4 is 0 Å². The van der Waals surface area contributed by atoms with E-state index in [0.717, 1.165) is 6.04 Å². The lowest BCUT2D eigenvalue weighted by Crippen LogP contribution is -2.24. The van der Waals surface area contributed by atoms with Gasteiger partial charge in [0.2, 0.25) is 0 Å². The van der Waals surface area contributed by atoms with E-state index in [1.807, 2.05) is 0 Å². The minimum absolute atomic E-state index is 0.736. The van der Waals surface area contributed by atoms with Crippen LogP contribution in [-0.2, 0) is 0 Å². The van der Waals surface area contributed by atoms with Crippen LogP contribution in [0.3, 0.4) is 0 Å². The molecule has 1 atom stereocenters. The highest BCUT2D eigenvalue weighted by Gasteiger charge is 2.02. The van der Waals surface area contributed by atoms with Crippen molar-refractivity contribution in [2.75, 3.05) is 34.7 Å². The van der Waals surface area contributed by atoms with Crippen molar-refractivity contribution in [1.82, 2.24) is 9.80 Å². The van der Waals surface area contributed by atoms with E-state index in [4.69, 9.17) is 0 Å². The van der Waals surface area contributed by atoms with Crippen molar-refractivity contribution in [3.8, 4) is 0 Å². The molecule has 0 N–H and O–H groups in total. The third-order valence-electron chi connectivity index (χ3n) is 2.61. The van der Waals surface area contributed by atoms with Crippen LogP contribution in [-0.4, -0.2) is 50.6 Å². The average Bonchev–Trinajstić information content (AvgIpc) is 2.02. The first-order valence-corrected chi connectivity index (χ1v) is 5.35. The molecule has 0 aliphatic carbocycles. The van der Waals surface area contributed by atoms with Crippen LogP contribution < -0.4 is 0 Å². The quantitative estimate of drug-likeness (QED) is 0.562. The summed E-state index contributed by atoms with van der Waals surface area (Å²) in [5.74, 6) is 0. The van der Waals surface area contributed by atoms with Crippen LogP contribution in [0.25, 0.3) is 0 Å². The third-order valence-corrected chi connectivity index (χ3v) is 2.61. The smallest absolute Gasteiger partial charge is 0.00608 e. The van der Waals surface area contributed by atoms with Gasteiger partial charge in [0.1, 0.15) is 0 Å². The van der Waals surface area contributed by atoms with E-state index in [1.54, 1.807) is 0 Å². The van der Waals surface area contributed by atoms with Gasteiger partial charge in [-0.2, -0.15) is 0 Å². The fraction of sp³-hybridized carbons (Fsp3) is 1.00. The monoisotopic (exact) mass is 186 g/mol. The molecule has 0 aliphatic rings. The first-order valence-electron chi connectivity index (χ1n) is 5.35. The normalized spacial score (nSPS) is 14.1. The van der Waals surface area contributed by atoms with Crippen LogP contribution in [0.1, 0.15) is 32.6 Å². The fourth-order valence-electron chi connectivity index (χ4n) is 1.30. The summed E-state index contributed by atoms with van der Waals surface area (Å²) in [4.78, 5) is 4.56. The van der Waals surface area contributed by atoms with Crippen LogP contribution in [0.4, 0.5) is 0 Å². The van der Waals surface area contributed by atoms with E-state index < -0.39 is 0 Å². The Balaban J connectivity index is 3.16. The van der Waals surface area contributed by atoms with Gasteiger partial charge in [-0.1, -0.05) is 12.8 Å². The largest absolute Gasteiger partial charge is 0.309 e. The van der Waals surface area contributed by atoms with Crippen LogP contribution in [0.2, 0.25) is 0 Å². The van der Waals surface area contributed by atoms with E-state index in [9.17, 15) is 0 Å². The van der Waals surface area contributed by atoms with Gasteiger partial charge < -0.3 is 9.80 Å². The predicted octanol–water partition coefficient (Wildman–Crippen LogP) is 2.06. The SMILES string of the molecule is CC(CCCCCN(C)C)N(C)C. The first-order chi connectivity index (χ1) is 6.04. The molecular formula is C11H26N2. The molecule has 0 rings (SSSR count). The van der Waals surface area contributed by atoms with Crippen molar-refractivity contribution in [1.29, 1.82) is 0 Å². The summed E-state index contributed by atoms with van der Waals surface area (Å²) in [5, 5.41) is 0. The van der Waals surface area contributed by atoms with Crippen molar-refractivity contribution in [3.05, 3.63) is 0 Å². The van der Waals surface area contributed by atoms with E-state index >= 15 is 0 Å². The van der Waals surface area contributed by atoms with E-state index in [1.165, 1.54) is 32.2 Å². The molecule has 2 nitrogen and oxygen atoms in total. The van der Waals surface area contributed by atoms with E-state index in [0.29, 0.717) is 0 Å². The predicted molar refractivity (Wildman–Crippen MR) is 60.2 cm³/mol. The Labute approximate surface area is 83.9 Å². The number of rotatable bonds is 7. The lowest BCUT2D eigenvalue weighted by Gasteiger charge is -2.19. The maximum Gasteiger partial charge on any atom is 0.00608 e. The van der Waals surface area contributed by atoms with Crippen molar-refractivity contribution in [2.45, 2.75) is 38.6 Å². The van der Waals surface area contributed by atoms with Gasteiger partial charge in [0, 0.05) is 6.04 Å². The minimum Gasteiger partial charge on any atom is -0.309 e. The molecule has 80 valence electrons. The van der Waals surface area contributed by atoms with Crippen LogP contribution in [0.15, 0.2) is 0 Å². The summed E-state index contributed by atoms with van der Waals surface area (Å²) in [5.41, 5.74) is 0. The highest BCUT2D eigenvalue weighted by atomic mass is 15.1. The molecule has 0 aromatic heterocycles. The molecule has 13 heavy (non-hydrogen) atoms. The van der Waals surface area contributed by atoms with Gasteiger partial charge in [0.15, 0.2) is 0 Å². The third kappa shape index (κ3) is 8.26. The van der Waals surface area contributed by atoms with Crippen LogP contribution in [0.5, 0.6) is 0 Å². The van der Waals surface area contributed by atoms with Gasteiger partial charge in [-0.3, -0.25) is 0 Å². The Hall–Kier alpha value is -0.0800. The molecule has 0 heterocycles. The van der Waals surface area contributed by atoms with E-state index in [-0.39, 0.29) is 0 Å². The number of nitrogens with zero attached hydrogens (tertiary/aromatic N) is 2. The molecule has 0 radical (unpaired) electrons. The van der Waals surface area contributed by atoms with Crippen LogP contribution in [0, 0.1) is 0 Å². The molecule has 0 aromatic rings. The highest BCUT2D eigenvalue weighted by molar-refractivity contribution is 4.59. The fourth-order valence-corrected chi connectivity index (χ4v) is 1.30. The minimum atomic E-state index is 0.736. The summed E-state index contributed by atoms with van der Waals surface area (Å²) in [6, 6.07) is 0.736. The second kappa shape index (κ2) is 7.34. The van der Waals surface area contributed by atoms with Gasteiger partial charge in [0.25, 0.3) is 0 Å². The van der Waals surface area contributed by atoms with Crippen LogP contribution >= 0.6 is 0 Å². The number of hydrogen-bond donors (Lipinski definition) is 0. The standard InChI is InChI=1S/C11H26N2/c1-11(13(4)5)9-7-6-8-10-12(2)3/h11H,6-10H2,1-5H3. The van der Waals surface area contributed by atoms with Gasteiger partial charge in [-0.15, -0.1) is 0 Å². The lowest BCUT2D eigenvalue weighted by atomic mass is 10.1. The summed E-state index contributed by atoms with van der Waals surface area (Å²) in [6.45, 7) is 3.53. The Kier molecular flexibility index (Phi) is 7.29. The molecule has 1 unspecified atom stereocenters. The average molecular weight is 186 g/mol. The van der Waals surface area contributed by atoms with Crippen molar-refractivity contribution < 1.29 is 0 Å². The molecule has 0 amide bonds. The maximum absolute atomic E-state index is 2.30. The Morgan fingerprint density at radius 2 is 1.54 bits per heavy atom. The second-order valence-electron chi connectivity index (χ2n) is 4.47. The molecule has 0 spiro atoms. The molecule has 0 bridgehead atoms. The zero-order chi connectivity index (χ0) is 10.3. The Morgan fingerprint density at radius 3 is 2.00 bits per heavy atom.